The van der Waals surface area contributed by atoms with Crippen LogP contribution in [0.4, 0.5) is 0 Å². The van der Waals surface area contributed by atoms with Crippen LogP contribution in [-0.2, 0) is 11.2 Å². The van der Waals surface area contributed by atoms with Gasteiger partial charge in [0.15, 0.2) is 0 Å². The van der Waals surface area contributed by atoms with E-state index in [1.807, 2.05) is 12.1 Å². The van der Waals surface area contributed by atoms with Crippen LogP contribution >= 0.6 is 11.6 Å². The third kappa shape index (κ3) is 3.29. The highest BCUT2D eigenvalue weighted by Crippen LogP contribution is 2.31. The summed E-state index contributed by atoms with van der Waals surface area (Å²) in [7, 11) is 1.36. The molecule has 1 aliphatic rings. The molecule has 0 spiro atoms. The lowest BCUT2D eigenvalue weighted by molar-refractivity contribution is 0.0600. The lowest BCUT2D eigenvalue weighted by atomic mass is 9.86. The zero-order valence-corrected chi connectivity index (χ0v) is 14.1. The molecular weight excluding hydrogens is 326 g/mol. The molecule has 0 aromatic heterocycles. The van der Waals surface area contributed by atoms with Crippen LogP contribution in [0.25, 0.3) is 0 Å². The Morgan fingerprint density at radius 2 is 2.00 bits per heavy atom. The van der Waals surface area contributed by atoms with E-state index >= 15 is 0 Å². The van der Waals surface area contributed by atoms with Gasteiger partial charge in [-0.3, -0.25) is 4.79 Å². The molecule has 3 rings (SSSR count). The standard InChI is InChI=1S/C19H18ClNO3/c1-24-19(23)13-10-9-12-5-4-8-17(15(12)11-13)21-18(22)14-6-2-3-7-16(14)20/h2-3,6-7,9-11,17H,4-5,8H2,1H3,(H,21,22)/t17-/m1/s1. The SMILES string of the molecule is COC(=O)c1ccc2c(c1)[C@H](NC(=O)c1ccccc1Cl)CCC2. The van der Waals surface area contributed by atoms with Gasteiger partial charge in [0, 0.05) is 0 Å². The van der Waals surface area contributed by atoms with Crippen molar-refractivity contribution < 1.29 is 14.3 Å². The number of ether oxygens (including phenoxy) is 1. The maximum Gasteiger partial charge on any atom is 0.337 e. The number of fused-ring (bicyclic) bond motifs is 1. The van der Waals surface area contributed by atoms with Crippen LogP contribution in [0.5, 0.6) is 0 Å². The fourth-order valence-electron chi connectivity index (χ4n) is 3.08. The Bertz CT molecular complexity index is 788. The van der Waals surface area contributed by atoms with Crippen molar-refractivity contribution in [3.63, 3.8) is 0 Å². The third-order valence-electron chi connectivity index (χ3n) is 4.31. The summed E-state index contributed by atoms with van der Waals surface area (Å²) in [4.78, 5) is 24.3. The van der Waals surface area contributed by atoms with Gasteiger partial charge in [0.1, 0.15) is 0 Å². The Kier molecular flexibility index (Phi) is 4.86. The van der Waals surface area contributed by atoms with Crippen LogP contribution in [-0.4, -0.2) is 19.0 Å². The second-order valence-corrected chi connectivity index (χ2v) is 6.21. The largest absolute Gasteiger partial charge is 0.465 e. The number of hydrogen-bond donors (Lipinski definition) is 1. The van der Waals surface area contributed by atoms with Crippen LogP contribution < -0.4 is 5.32 Å². The Morgan fingerprint density at radius 3 is 2.75 bits per heavy atom. The fourth-order valence-corrected chi connectivity index (χ4v) is 3.30. The van der Waals surface area contributed by atoms with E-state index in [0.29, 0.717) is 16.1 Å². The van der Waals surface area contributed by atoms with Crippen molar-refractivity contribution in [3.8, 4) is 0 Å². The van der Waals surface area contributed by atoms with Crippen molar-refractivity contribution in [2.45, 2.75) is 25.3 Å². The van der Waals surface area contributed by atoms with Gasteiger partial charge in [0.05, 0.1) is 29.3 Å². The highest BCUT2D eigenvalue weighted by atomic mass is 35.5. The van der Waals surface area contributed by atoms with Crippen molar-refractivity contribution >= 4 is 23.5 Å². The first kappa shape index (κ1) is 16.5. The maximum absolute atomic E-state index is 12.5. The van der Waals surface area contributed by atoms with Gasteiger partial charge in [0.2, 0.25) is 0 Å². The van der Waals surface area contributed by atoms with E-state index in [9.17, 15) is 9.59 Å². The average molecular weight is 344 g/mol. The summed E-state index contributed by atoms with van der Waals surface area (Å²) in [6, 6.07) is 12.4. The molecule has 2 aromatic rings. The molecule has 1 aliphatic carbocycles. The number of benzene rings is 2. The number of nitrogens with one attached hydrogen (secondary N) is 1. The number of amides is 1. The Labute approximate surface area is 145 Å². The van der Waals surface area contributed by atoms with Crippen molar-refractivity contribution in [1.29, 1.82) is 0 Å². The third-order valence-corrected chi connectivity index (χ3v) is 4.63. The number of halogens is 1. The Balaban J connectivity index is 1.87. The highest BCUT2D eigenvalue weighted by Gasteiger charge is 2.24. The van der Waals surface area contributed by atoms with Crippen LogP contribution in [0.15, 0.2) is 42.5 Å². The molecule has 0 radical (unpaired) electrons. The molecule has 0 aliphatic heterocycles. The minimum atomic E-state index is -0.375. The summed E-state index contributed by atoms with van der Waals surface area (Å²) >= 11 is 6.10. The second-order valence-electron chi connectivity index (χ2n) is 5.80. The summed E-state index contributed by atoms with van der Waals surface area (Å²) in [5, 5.41) is 3.47. The number of carbonyl (C=O) groups is 2. The maximum atomic E-state index is 12.5. The molecule has 1 N–H and O–H groups in total. The normalized spacial score (nSPS) is 16.2. The van der Waals surface area contributed by atoms with E-state index in [2.05, 4.69) is 5.32 Å². The van der Waals surface area contributed by atoms with Gasteiger partial charge in [-0.05, 0) is 54.7 Å². The number of carbonyl (C=O) groups excluding carboxylic acids is 2. The zero-order chi connectivity index (χ0) is 17.1. The van der Waals surface area contributed by atoms with E-state index in [-0.39, 0.29) is 17.9 Å². The highest BCUT2D eigenvalue weighted by molar-refractivity contribution is 6.33. The summed E-state index contributed by atoms with van der Waals surface area (Å²) in [5.41, 5.74) is 3.08. The smallest absolute Gasteiger partial charge is 0.337 e. The molecule has 0 saturated carbocycles. The van der Waals surface area contributed by atoms with Gasteiger partial charge in [-0.15, -0.1) is 0 Å². The molecule has 0 saturated heterocycles. The van der Waals surface area contributed by atoms with Crippen LogP contribution in [0.3, 0.4) is 0 Å². The molecule has 4 nitrogen and oxygen atoms in total. The molecule has 0 fully saturated rings. The van der Waals surface area contributed by atoms with Gasteiger partial charge in [0.25, 0.3) is 5.91 Å². The van der Waals surface area contributed by atoms with Crippen LogP contribution in [0, 0.1) is 0 Å². The molecule has 0 heterocycles. The summed E-state index contributed by atoms with van der Waals surface area (Å²) in [6.07, 6.45) is 2.75. The topological polar surface area (TPSA) is 55.4 Å². The average Bonchev–Trinajstić information content (AvgIpc) is 2.61. The van der Waals surface area contributed by atoms with E-state index in [1.54, 1.807) is 30.3 Å². The zero-order valence-electron chi connectivity index (χ0n) is 13.3. The quantitative estimate of drug-likeness (QED) is 0.859. The van der Waals surface area contributed by atoms with Crippen LogP contribution in [0.2, 0.25) is 5.02 Å². The van der Waals surface area contributed by atoms with Gasteiger partial charge < -0.3 is 10.1 Å². The van der Waals surface area contributed by atoms with Crippen molar-refractivity contribution in [1.82, 2.24) is 5.32 Å². The molecular formula is C19H18ClNO3. The van der Waals surface area contributed by atoms with E-state index in [1.165, 1.54) is 7.11 Å². The lowest BCUT2D eigenvalue weighted by Gasteiger charge is -2.27. The minimum absolute atomic E-state index is 0.137. The molecule has 2 aromatic carbocycles. The molecule has 24 heavy (non-hydrogen) atoms. The van der Waals surface area contributed by atoms with Gasteiger partial charge >= 0.3 is 5.97 Å². The van der Waals surface area contributed by atoms with Gasteiger partial charge in [-0.2, -0.15) is 0 Å². The summed E-state index contributed by atoms with van der Waals surface area (Å²) in [5.74, 6) is -0.582. The number of rotatable bonds is 3. The molecule has 1 amide bonds. The fraction of sp³-hybridized carbons (Fsp3) is 0.263. The van der Waals surface area contributed by atoms with Gasteiger partial charge in [-0.25, -0.2) is 4.79 Å². The molecule has 124 valence electrons. The van der Waals surface area contributed by atoms with Gasteiger partial charge in [-0.1, -0.05) is 29.8 Å². The van der Waals surface area contributed by atoms with Crippen molar-refractivity contribution in [2.75, 3.05) is 7.11 Å². The van der Waals surface area contributed by atoms with E-state index in [0.717, 1.165) is 30.4 Å². The second kappa shape index (κ2) is 7.05. The number of methoxy groups -OCH3 is 1. The molecule has 1 atom stereocenters. The van der Waals surface area contributed by atoms with E-state index < -0.39 is 0 Å². The molecule has 5 heteroatoms. The molecule has 0 bridgehead atoms. The first-order valence-electron chi connectivity index (χ1n) is 7.86. The van der Waals surface area contributed by atoms with E-state index in [4.69, 9.17) is 16.3 Å². The predicted molar refractivity (Wildman–Crippen MR) is 92.4 cm³/mol. The van der Waals surface area contributed by atoms with Crippen molar-refractivity contribution in [2.24, 2.45) is 0 Å². The number of hydrogen-bond acceptors (Lipinski definition) is 3. The lowest BCUT2D eigenvalue weighted by Crippen LogP contribution is -2.31. The van der Waals surface area contributed by atoms with Crippen molar-refractivity contribution in [3.05, 3.63) is 69.7 Å². The number of esters is 1. The summed E-state index contributed by atoms with van der Waals surface area (Å²) in [6.45, 7) is 0. The summed E-state index contributed by atoms with van der Waals surface area (Å²) < 4.78 is 4.78. The monoisotopic (exact) mass is 343 g/mol. The first-order valence-corrected chi connectivity index (χ1v) is 8.24. The minimum Gasteiger partial charge on any atom is -0.465 e. The Morgan fingerprint density at radius 1 is 1.21 bits per heavy atom. The van der Waals surface area contributed by atoms with Crippen LogP contribution in [0.1, 0.15) is 50.7 Å². The predicted octanol–water partition coefficient (Wildman–Crippen LogP) is 3.93. The Hall–Kier alpha value is -2.33. The number of aryl methyl sites for hydroxylation is 1. The molecule has 0 unspecified atom stereocenters. The first-order chi connectivity index (χ1) is 11.6.